The molecule has 0 atom stereocenters. The van der Waals surface area contributed by atoms with Crippen LogP contribution in [-0.4, -0.2) is 32.6 Å². The van der Waals surface area contributed by atoms with Crippen LogP contribution in [0, 0.1) is 0 Å². The molecule has 0 unspecified atom stereocenters. The lowest BCUT2D eigenvalue weighted by molar-refractivity contribution is -0.118. The minimum atomic E-state index is -0.199. The second-order valence-corrected chi connectivity index (χ2v) is 7.61. The van der Waals surface area contributed by atoms with E-state index in [-0.39, 0.29) is 11.7 Å². The molecule has 0 saturated heterocycles. The van der Waals surface area contributed by atoms with Crippen LogP contribution in [-0.2, 0) is 17.8 Å². The summed E-state index contributed by atoms with van der Waals surface area (Å²) >= 11 is 7.28. The maximum absolute atomic E-state index is 12.1. The van der Waals surface area contributed by atoms with E-state index in [4.69, 9.17) is 11.6 Å². The molecule has 150 valence electrons. The van der Waals surface area contributed by atoms with E-state index in [0.717, 1.165) is 23.4 Å². The van der Waals surface area contributed by atoms with Gasteiger partial charge in [-0.1, -0.05) is 54.6 Å². The fourth-order valence-electron chi connectivity index (χ4n) is 2.67. The van der Waals surface area contributed by atoms with Gasteiger partial charge in [-0.05, 0) is 48.7 Å². The van der Waals surface area contributed by atoms with Crippen molar-refractivity contribution in [2.75, 3.05) is 5.75 Å². The van der Waals surface area contributed by atoms with Crippen LogP contribution >= 0.6 is 23.4 Å². The van der Waals surface area contributed by atoms with Crippen molar-refractivity contribution in [3.8, 4) is 11.4 Å². The third kappa shape index (κ3) is 5.68. The molecule has 1 amide bonds. The van der Waals surface area contributed by atoms with E-state index in [9.17, 15) is 4.79 Å². The number of nitrogens with one attached hydrogen (secondary N) is 1. The minimum absolute atomic E-state index is 0.199. The molecule has 1 N–H and O–H groups in total. The predicted molar refractivity (Wildman–Crippen MR) is 118 cm³/mol. The Balaban J connectivity index is 1.57. The first-order chi connectivity index (χ1) is 14.1. The standard InChI is InChI=1S/C21H22ClN5OS/c1-3-15-5-7-16(8-6-15)13-23-24-19(28)14-29-21-26-25-20(27(21)4-2)17-9-11-18(22)12-10-17/h5-13H,3-4,14H2,1-2H3,(H,24,28). The Morgan fingerprint density at radius 3 is 2.52 bits per heavy atom. The number of nitrogens with zero attached hydrogens (tertiary/aromatic N) is 4. The molecule has 6 nitrogen and oxygen atoms in total. The molecule has 8 heteroatoms. The average Bonchev–Trinajstić information content (AvgIpc) is 3.16. The zero-order valence-electron chi connectivity index (χ0n) is 16.3. The molecule has 0 spiro atoms. The molecule has 0 aliphatic heterocycles. The quantitative estimate of drug-likeness (QED) is 0.328. The normalized spacial score (nSPS) is 11.1. The number of carbonyl (C=O) groups excluding carboxylic acids is 1. The number of hydrazone groups is 1. The van der Waals surface area contributed by atoms with Crippen LogP contribution in [0.3, 0.4) is 0 Å². The molecule has 0 saturated carbocycles. The van der Waals surface area contributed by atoms with Gasteiger partial charge in [-0.15, -0.1) is 10.2 Å². The molecular formula is C21H22ClN5OS. The molecular weight excluding hydrogens is 406 g/mol. The van der Waals surface area contributed by atoms with Crippen molar-refractivity contribution in [1.29, 1.82) is 0 Å². The highest BCUT2D eigenvalue weighted by Gasteiger charge is 2.14. The number of hydrogen-bond donors (Lipinski definition) is 1. The van der Waals surface area contributed by atoms with Crippen molar-refractivity contribution in [1.82, 2.24) is 20.2 Å². The number of halogens is 1. The topological polar surface area (TPSA) is 72.2 Å². The molecule has 29 heavy (non-hydrogen) atoms. The predicted octanol–water partition coefficient (Wildman–Crippen LogP) is 4.42. The number of amides is 1. The number of aryl methyl sites for hydroxylation is 1. The summed E-state index contributed by atoms with van der Waals surface area (Å²) in [6, 6.07) is 15.5. The first kappa shape index (κ1) is 21.1. The molecule has 0 bridgehead atoms. The number of aromatic nitrogens is 3. The van der Waals surface area contributed by atoms with Gasteiger partial charge in [0.05, 0.1) is 12.0 Å². The Hall–Kier alpha value is -2.64. The highest BCUT2D eigenvalue weighted by molar-refractivity contribution is 7.99. The second kappa shape index (κ2) is 10.2. The van der Waals surface area contributed by atoms with Crippen molar-refractivity contribution in [3.63, 3.8) is 0 Å². The van der Waals surface area contributed by atoms with Crippen LogP contribution in [0.15, 0.2) is 58.8 Å². The molecule has 0 radical (unpaired) electrons. The van der Waals surface area contributed by atoms with Gasteiger partial charge in [0.2, 0.25) is 0 Å². The van der Waals surface area contributed by atoms with Gasteiger partial charge in [-0.2, -0.15) is 5.10 Å². The smallest absolute Gasteiger partial charge is 0.250 e. The summed E-state index contributed by atoms with van der Waals surface area (Å²) in [5, 5.41) is 13.9. The number of thioether (sulfide) groups is 1. The summed E-state index contributed by atoms with van der Waals surface area (Å²) in [6.07, 6.45) is 2.63. The Morgan fingerprint density at radius 2 is 1.86 bits per heavy atom. The first-order valence-electron chi connectivity index (χ1n) is 9.33. The van der Waals surface area contributed by atoms with E-state index in [0.29, 0.717) is 16.7 Å². The van der Waals surface area contributed by atoms with Crippen molar-refractivity contribution in [2.45, 2.75) is 32.0 Å². The number of benzene rings is 2. The Kier molecular flexibility index (Phi) is 7.43. The van der Waals surface area contributed by atoms with Gasteiger partial charge in [-0.3, -0.25) is 4.79 Å². The SMILES string of the molecule is CCc1ccc(C=NNC(=O)CSc2nnc(-c3ccc(Cl)cc3)n2CC)cc1. The summed E-state index contributed by atoms with van der Waals surface area (Å²) in [5.74, 6) is 0.751. The molecule has 0 fully saturated rings. The molecule has 3 aromatic rings. The fraction of sp³-hybridized carbons (Fsp3) is 0.238. The lowest BCUT2D eigenvalue weighted by atomic mass is 10.1. The van der Waals surface area contributed by atoms with Crippen molar-refractivity contribution in [2.24, 2.45) is 5.10 Å². The van der Waals surface area contributed by atoms with E-state index in [1.165, 1.54) is 17.3 Å². The fourth-order valence-corrected chi connectivity index (χ4v) is 3.59. The van der Waals surface area contributed by atoms with E-state index in [2.05, 4.69) is 39.8 Å². The number of hydrogen-bond acceptors (Lipinski definition) is 5. The van der Waals surface area contributed by atoms with E-state index in [1.807, 2.05) is 47.9 Å². The highest BCUT2D eigenvalue weighted by Crippen LogP contribution is 2.24. The van der Waals surface area contributed by atoms with Gasteiger partial charge in [0.1, 0.15) is 0 Å². The molecule has 0 aliphatic rings. The van der Waals surface area contributed by atoms with Crippen LogP contribution in [0.25, 0.3) is 11.4 Å². The molecule has 1 aromatic heterocycles. The van der Waals surface area contributed by atoms with Gasteiger partial charge in [0.15, 0.2) is 11.0 Å². The third-order valence-corrected chi connectivity index (χ3v) is 5.48. The lowest BCUT2D eigenvalue weighted by Gasteiger charge is -2.07. The van der Waals surface area contributed by atoms with Crippen LogP contribution < -0.4 is 5.43 Å². The summed E-state index contributed by atoms with van der Waals surface area (Å²) in [4.78, 5) is 12.1. The van der Waals surface area contributed by atoms with Crippen LogP contribution in [0.5, 0.6) is 0 Å². The maximum atomic E-state index is 12.1. The van der Waals surface area contributed by atoms with Crippen LogP contribution in [0.4, 0.5) is 0 Å². The van der Waals surface area contributed by atoms with Gasteiger partial charge < -0.3 is 4.57 Å². The van der Waals surface area contributed by atoms with Gasteiger partial charge >= 0.3 is 0 Å². The number of rotatable bonds is 8. The summed E-state index contributed by atoms with van der Waals surface area (Å²) in [7, 11) is 0. The van der Waals surface area contributed by atoms with Gasteiger partial charge in [0.25, 0.3) is 5.91 Å². The molecule has 3 rings (SSSR count). The average molecular weight is 428 g/mol. The zero-order valence-corrected chi connectivity index (χ0v) is 17.9. The molecule has 2 aromatic carbocycles. The van der Waals surface area contributed by atoms with Crippen LogP contribution in [0.2, 0.25) is 5.02 Å². The van der Waals surface area contributed by atoms with Crippen molar-refractivity contribution >= 4 is 35.5 Å². The third-order valence-electron chi connectivity index (χ3n) is 4.26. The Morgan fingerprint density at radius 1 is 1.14 bits per heavy atom. The summed E-state index contributed by atoms with van der Waals surface area (Å²) < 4.78 is 1.97. The second-order valence-electron chi connectivity index (χ2n) is 6.23. The zero-order chi connectivity index (χ0) is 20.6. The monoisotopic (exact) mass is 427 g/mol. The maximum Gasteiger partial charge on any atom is 0.250 e. The van der Waals surface area contributed by atoms with Crippen LogP contribution in [0.1, 0.15) is 25.0 Å². The van der Waals surface area contributed by atoms with E-state index >= 15 is 0 Å². The summed E-state index contributed by atoms with van der Waals surface area (Å²) in [6.45, 7) is 4.82. The summed E-state index contributed by atoms with van der Waals surface area (Å²) in [5.41, 5.74) is 5.68. The first-order valence-corrected chi connectivity index (χ1v) is 10.7. The number of carbonyl (C=O) groups is 1. The molecule has 1 heterocycles. The highest BCUT2D eigenvalue weighted by atomic mass is 35.5. The van der Waals surface area contributed by atoms with Gasteiger partial charge in [-0.25, -0.2) is 5.43 Å². The Labute approximate surface area is 179 Å². The van der Waals surface area contributed by atoms with Crippen molar-refractivity contribution in [3.05, 3.63) is 64.7 Å². The largest absolute Gasteiger partial charge is 0.302 e. The lowest BCUT2D eigenvalue weighted by Crippen LogP contribution is -2.20. The van der Waals surface area contributed by atoms with E-state index in [1.54, 1.807) is 6.21 Å². The van der Waals surface area contributed by atoms with Gasteiger partial charge in [0, 0.05) is 17.1 Å². The Bertz CT molecular complexity index is 983. The van der Waals surface area contributed by atoms with Crippen molar-refractivity contribution < 1.29 is 4.79 Å². The van der Waals surface area contributed by atoms with E-state index < -0.39 is 0 Å². The molecule has 0 aliphatic carbocycles. The minimum Gasteiger partial charge on any atom is -0.302 e.